The van der Waals surface area contributed by atoms with Crippen LogP contribution < -0.4 is 5.32 Å². The number of carbonyl (C=O) groups excluding carboxylic acids is 1. The molecule has 0 aromatic rings. The van der Waals surface area contributed by atoms with Crippen molar-refractivity contribution in [1.82, 2.24) is 10.4 Å². The Morgan fingerprint density at radius 1 is 1.93 bits per heavy atom. The number of amides is 1. The Hall–Kier alpha value is -1.09. The number of β-amino-alcohol motifs (C(OH)–C–C–N with tert-alkyl or cyclic N) is 1. The molecule has 14 heavy (non-hydrogen) atoms. The molecule has 2 atom stereocenters. The van der Waals surface area contributed by atoms with Crippen LogP contribution in [0.25, 0.3) is 0 Å². The molecule has 5 heteroatoms. The van der Waals surface area contributed by atoms with E-state index in [1.807, 2.05) is 0 Å². The summed E-state index contributed by atoms with van der Waals surface area (Å²) in [7, 11) is 0. The SMILES string of the molecule is C#CCNC(=O)C(C)N1C[C@H](O)CO1. The van der Waals surface area contributed by atoms with Gasteiger partial charge in [-0.2, -0.15) is 5.06 Å². The maximum atomic E-state index is 11.4. The molecule has 1 amide bonds. The smallest absolute Gasteiger partial charge is 0.240 e. The first-order valence-corrected chi connectivity index (χ1v) is 4.44. The van der Waals surface area contributed by atoms with Gasteiger partial charge in [0.25, 0.3) is 0 Å². The number of terminal acetylenes is 1. The lowest BCUT2D eigenvalue weighted by atomic mass is 10.3. The fourth-order valence-corrected chi connectivity index (χ4v) is 1.18. The Bertz CT molecular complexity index is 249. The van der Waals surface area contributed by atoms with Crippen LogP contribution in [0.2, 0.25) is 0 Å². The van der Waals surface area contributed by atoms with Gasteiger partial charge >= 0.3 is 0 Å². The number of carbonyl (C=O) groups is 1. The molecular weight excluding hydrogens is 184 g/mol. The first kappa shape index (κ1) is 11.0. The minimum atomic E-state index is -0.516. The van der Waals surface area contributed by atoms with Gasteiger partial charge in [-0.05, 0) is 6.92 Å². The third-order valence-electron chi connectivity index (χ3n) is 2.00. The second-order valence-electron chi connectivity index (χ2n) is 3.15. The fourth-order valence-electron chi connectivity index (χ4n) is 1.18. The quantitative estimate of drug-likeness (QED) is 0.555. The minimum absolute atomic E-state index is 0.197. The number of hydrogen-bond donors (Lipinski definition) is 2. The minimum Gasteiger partial charge on any atom is -0.389 e. The van der Waals surface area contributed by atoms with Crippen molar-refractivity contribution in [1.29, 1.82) is 0 Å². The van der Waals surface area contributed by atoms with Gasteiger partial charge in [-0.25, -0.2) is 0 Å². The van der Waals surface area contributed by atoms with Crippen molar-refractivity contribution >= 4 is 5.91 Å². The zero-order valence-corrected chi connectivity index (χ0v) is 8.06. The van der Waals surface area contributed by atoms with Crippen molar-refractivity contribution in [2.75, 3.05) is 19.7 Å². The van der Waals surface area contributed by atoms with Gasteiger partial charge in [0.15, 0.2) is 0 Å². The van der Waals surface area contributed by atoms with Gasteiger partial charge in [-0.1, -0.05) is 5.92 Å². The first-order chi connectivity index (χ1) is 6.65. The molecule has 1 unspecified atom stereocenters. The number of rotatable bonds is 3. The van der Waals surface area contributed by atoms with Crippen LogP contribution >= 0.6 is 0 Å². The Kier molecular flexibility index (Phi) is 3.89. The zero-order valence-electron chi connectivity index (χ0n) is 8.06. The monoisotopic (exact) mass is 198 g/mol. The molecular formula is C9H14N2O3. The molecule has 1 heterocycles. The number of hydroxylamine groups is 2. The molecule has 2 N–H and O–H groups in total. The first-order valence-electron chi connectivity index (χ1n) is 4.44. The van der Waals surface area contributed by atoms with Crippen LogP contribution in [0, 0.1) is 12.3 Å². The second-order valence-corrected chi connectivity index (χ2v) is 3.15. The van der Waals surface area contributed by atoms with E-state index in [2.05, 4.69) is 11.2 Å². The highest BCUT2D eigenvalue weighted by Gasteiger charge is 2.29. The molecule has 0 aromatic heterocycles. The summed E-state index contributed by atoms with van der Waals surface area (Å²) in [5, 5.41) is 13.2. The van der Waals surface area contributed by atoms with Crippen molar-refractivity contribution in [3.05, 3.63) is 0 Å². The molecule has 78 valence electrons. The lowest BCUT2D eigenvalue weighted by molar-refractivity contribution is -0.158. The fraction of sp³-hybridized carbons (Fsp3) is 0.667. The molecule has 1 aliphatic rings. The molecule has 0 aliphatic carbocycles. The van der Waals surface area contributed by atoms with Crippen molar-refractivity contribution in [2.45, 2.75) is 19.1 Å². The zero-order chi connectivity index (χ0) is 10.6. The molecule has 1 aliphatic heterocycles. The van der Waals surface area contributed by atoms with E-state index in [0.29, 0.717) is 6.54 Å². The number of nitrogens with zero attached hydrogens (tertiary/aromatic N) is 1. The summed E-state index contributed by atoms with van der Waals surface area (Å²) >= 11 is 0. The van der Waals surface area contributed by atoms with Gasteiger partial charge in [0.05, 0.1) is 25.8 Å². The summed E-state index contributed by atoms with van der Waals surface area (Å²) in [6, 6.07) is -0.430. The normalized spacial score (nSPS) is 24.2. The second kappa shape index (κ2) is 4.96. The van der Waals surface area contributed by atoms with Crippen LogP contribution in [-0.2, 0) is 9.63 Å². The van der Waals surface area contributed by atoms with Crippen LogP contribution in [0.3, 0.4) is 0 Å². The van der Waals surface area contributed by atoms with E-state index in [0.717, 1.165) is 0 Å². The molecule has 0 aromatic carbocycles. The van der Waals surface area contributed by atoms with Crippen molar-refractivity contribution < 1.29 is 14.7 Å². The number of aliphatic hydroxyl groups is 1. The van der Waals surface area contributed by atoms with Crippen LogP contribution in [0.5, 0.6) is 0 Å². The van der Waals surface area contributed by atoms with Crippen LogP contribution in [0.15, 0.2) is 0 Å². The van der Waals surface area contributed by atoms with E-state index in [4.69, 9.17) is 11.3 Å². The highest BCUT2D eigenvalue weighted by Crippen LogP contribution is 2.09. The molecule has 1 saturated heterocycles. The van der Waals surface area contributed by atoms with Gasteiger partial charge in [0.1, 0.15) is 6.04 Å². The summed E-state index contributed by atoms with van der Waals surface area (Å²) in [5.41, 5.74) is 0. The number of nitrogens with one attached hydrogen (secondary N) is 1. The standard InChI is InChI=1S/C9H14N2O3/c1-3-4-10-9(13)7(2)11-5-8(12)6-14-11/h1,7-8,12H,4-6H2,2H3,(H,10,13)/t7?,8-/m0/s1. The van der Waals surface area contributed by atoms with Gasteiger partial charge < -0.3 is 10.4 Å². The molecule has 1 fully saturated rings. The summed E-state index contributed by atoms with van der Waals surface area (Å²) in [6.45, 7) is 2.50. The van der Waals surface area contributed by atoms with Gasteiger partial charge in [0, 0.05) is 0 Å². The number of aliphatic hydroxyl groups excluding tert-OH is 1. The largest absolute Gasteiger partial charge is 0.389 e. The average Bonchev–Trinajstić information content (AvgIpc) is 2.60. The Morgan fingerprint density at radius 3 is 3.14 bits per heavy atom. The van der Waals surface area contributed by atoms with Crippen molar-refractivity contribution in [3.63, 3.8) is 0 Å². The Balaban J connectivity index is 2.37. The third-order valence-corrected chi connectivity index (χ3v) is 2.00. The predicted octanol–water partition coefficient (Wildman–Crippen LogP) is -1.27. The summed E-state index contributed by atoms with van der Waals surface area (Å²) in [4.78, 5) is 16.5. The van der Waals surface area contributed by atoms with E-state index in [1.165, 1.54) is 5.06 Å². The number of hydrogen-bond acceptors (Lipinski definition) is 4. The van der Waals surface area contributed by atoms with Crippen LogP contribution in [0.4, 0.5) is 0 Å². The third kappa shape index (κ3) is 2.70. The van der Waals surface area contributed by atoms with Crippen LogP contribution in [0.1, 0.15) is 6.92 Å². The summed E-state index contributed by atoms with van der Waals surface area (Å²) < 4.78 is 0. The Morgan fingerprint density at radius 2 is 2.64 bits per heavy atom. The molecule has 1 rings (SSSR count). The van der Waals surface area contributed by atoms with Crippen molar-refractivity contribution in [2.24, 2.45) is 0 Å². The molecule has 0 bridgehead atoms. The highest BCUT2D eigenvalue weighted by atomic mass is 16.7. The van der Waals surface area contributed by atoms with E-state index >= 15 is 0 Å². The van der Waals surface area contributed by atoms with Gasteiger partial charge in [0.2, 0.25) is 5.91 Å². The van der Waals surface area contributed by atoms with E-state index < -0.39 is 12.1 Å². The molecule has 5 nitrogen and oxygen atoms in total. The molecule has 0 spiro atoms. The lowest BCUT2D eigenvalue weighted by Crippen LogP contribution is -2.43. The van der Waals surface area contributed by atoms with E-state index in [1.54, 1.807) is 6.92 Å². The summed E-state index contributed by atoms with van der Waals surface area (Å²) in [6.07, 6.45) is 4.49. The highest BCUT2D eigenvalue weighted by molar-refractivity contribution is 5.81. The van der Waals surface area contributed by atoms with Gasteiger partial charge in [-0.3, -0.25) is 9.63 Å². The maximum Gasteiger partial charge on any atom is 0.240 e. The van der Waals surface area contributed by atoms with Crippen molar-refractivity contribution in [3.8, 4) is 12.3 Å². The predicted molar refractivity (Wildman–Crippen MR) is 50.0 cm³/mol. The Labute approximate surface area is 83.0 Å². The maximum absolute atomic E-state index is 11.4. The average molecular weight is 198 g/mol. The lowest BCUT2D eigenvalue weighted by Gasteiger charge is -2.20. The molecule has 0 saturated carbocycles. The summed E-state index contributed by atoms with van der Waals surface area (Å²) in [5.74, 6) is 2.11. The van der Waals surface area contributed by atoms with E-state index in [9.17, 15) is 9.90 Å². The topological polar surface area (TPSA) is 61.8 Å². The molecule has 0 radical (unpaired) electrons. The van der Waals surface area contributed by atoms with Gasteiger partial charge in [-0.15, -0.1) is 6.42 Å². The van der Waals surface area contributed by atoms with Crippen LogP contribution in [-0.4, -0.2) is 47.9 Å². The van der Waals surface area contributed by atoms with E-state index in [-0.39, 0.29) is 19.1 Å².